The number of carbonyl (C=O) groups excluding carboxylic acids is 5. The van der Waals surface area contributed by atoms with Crippen LogP contribution in [0.4, 0.5) is 4.39 Å². The first-order valence-corrected chi connectivity index (χ1v) is 17.0. The zero-order valence-electron chi connectivity index (χ0n) is 29.6. The van der Waals surface area contributed by atoms with Crippen LogP contribution in [0, 0.1) is 29.0 Å². The Morgan fingerprint density at radius 1 is 0.840 bits per heavy atom. The summed E-state index contributed by atoms with van der Waals surface area (Å²) in [6.45, 7) is 7.94. The van der Waals surface area contributed by atoms with Crippen molar-refractivity contribution >= 4 is 29.5 Å². The molecule has 0 aliphatic carbocycles. The van der Waals surface area contributed by atoms with Gasteiger partial charge in [-0.1, -0.05) is 58.0 Å². The Balaban J connectivity index is 2.03. The summed E-state index contributed by atoms with van der Waals surface area (Å²) in [5.41, 5.74) is 0.727. The second-order valence-corrected chi connectivity index (χ2v) is 13.2. The van der Waals surface area contributed by atoms with Gasteiger partial charge in [0.25, 0.3) is 5.91 Å². The lowest BCUT2D eigenvalue weighted by Gasteiger charge is -2.28. The number of unbranched alkanes of at least 4 members (excludes halogenated alkanes) is 1. The van der Waals surface area contributed by atoms with Gasteiger partial charge < -0.3 is 31.7 Å². The number of hydrogen-bond acceptors (Lipinski definition) is 7. The standard InChI is InChI=1S/C37H51FN6O6/c1-23(2)17-29(32(45)21-34(47)43-30(18-24(3)4)36(49)40-5)44-37(50)31(19-25-11-7-6-8-12-25)42-33(46)13-9-10-16-41-35(48)26-14-15-28(38)27(20-26)22-39/h6-8,11-12,14-15,20,23-24,29-32,45H,9-10,13,16-19,21H2,1-5H3,(H,40,49)(H,41,48)(H,42,46)(H,43,47)(H,44,50)/t29-,30-,31-,32-/m0/s1. The van der Waals surface area contributed by atoms with Crippen molar-refractivity contribution in [3.05, 3.63) is 71.0 Å². The lowest BCUT2D eigenvalue weighted by Crippen LogP contribution is -2.54. The van der Waals surface area contributed by atoms with E-state index < -0.39 is 47.8 Å². The number of rotatable bonds is 20. The SMILES string of the molecule is CNC(=O)[C@H](CC(C)C)NC(=O)C[C@H](O)[C@H](CC(C)C)NC(=O)[C@H](Cc1ccccc1)NC(=O)CCCCNC(=O)c1ccc(F)c(C#N)c1. The molecule has 13 heteroatoms. The monoisotopic (exact) mass is 694 g/mol. The molecule has 6 N–H and O–H groups in total. The molecular formula is C37H51FN6O6. The number of halogens is 1. The fourth-order valence-electron chi connectivity index (χ4n) is 5.36. The van der Waals surface area contributed by atoms with Crippen LogP contribution in [0.1, 0.15) is 87.7 Å². The van der Waals surface area contributed by atoms with Gasteiger partial charge in [-0.2, -0.15) is 5.26 Å². The van der Waals surface area contributed by atoms with E-state index in [1.54, 1.807) is 6.07 Å². The largest absolute Gasteiger partial charge is 0.390 e. The number of nitrogens with one attached hydrogen (secondary N) is 5. The van der Waals surface area contributed by atoms with E-state index in [1.807, 2.05) is 58.0 Å². The van der Waals surface area contributed by atoms with Crippen molar-refractivity contribution in [2.45, 2.75) is 96.9 Å². The average Bonchev–Trinajstić information content (AvgIpc) is 3.06. The first-order chi connectivity index (χ1) is 23.7. The van der Waals surface area contributed by atoms with Crippen LogP contribution in [0.15, 0.2) is 48.5 Å². The first kappa shape index (κ1) is 41.3. The van der Waals surface area contributed by atoms with Crippen molar-refractivity contribution in [3.63, 3.8) is 0 Å². The van der Waals surface area contributed by atoms with Gasteiger partial charge in [-0.15, -0.1) is 0 Å². The lowest BCUT2D eigenvalue weighted by molar-refractivity contribution is -0.132. The van der Waals surface area contributed by atoms with E-state index in [2.05, 4.69) is 26.6 Å². The second kappa shape index (κ2) is 21.3. The molecule has 0 saturated heterocycles. The van der Waals surface area contributed by atoms with Crippen molar-refractivity contribution in [2.24, 2.45) is 11.8 Å². The number of carbonyl (C=O) groups is 5. The van der Waals surface area contributed by atoms with Crippen molar-refractivity contribution < 1.29 is 33.5 Å². The molecule has 0 aliphatic heterocycles. The minimum absolute atomic E-state index is 0.0525. The van der Waals surface area contributed by atoms with Gasteiger partial charge in [0.05, 0.1) is 24.1 Å². The van der Waals surface area contributed by atoms with Crippen LogP contribution in [-0.2, 0) is 25.6 Å². The summed E-state index contributed by atoms with van der Waals surface area (Å²) >= 11 is 0. The second-order valence-electron chi connectivity index (χ2n) is 13.2. The maximum absolute atomic E-state index is 13.7. The van der Waals surface area contributed by atoms with Crippen LogP contribution in [-0.4, -0.2) is 72.5 Å². The highest BCUT2D eigenvalue weighted by atomic mass is 19.1. The Kier molecular flexibility index (Phi) is 17.6. The topological polar surface area (TPSA) is 190 Å². The van der Waals surface area contributed by atoms with E-state index in [9.17, 15) is 33.5 Å². The molecule has 0 saturated carbocycles. The number of benzene rings is 2. The Morgan fingerprint density at radius 3 is 2.12 bits per heavy atom. The van der Waals surface area contributed by atoms with Crippen LogP contribution >= 0.6 is 0 Å². The molecule has 0 spiro atoms. The normalized spacial score (nSPS) is 13.4. The number of amides is 5. The van der Waals surface area contributed by atoms with Crippen LogP contribution in [0.3, 0.4) is 0 Å². The van der Waals surface area contributed by atoms with E-state index in [0.29, 0.717) is 25.7 Å². The number of nitrogens with zero attached hydrogens (tertiary/aromatic N) is 1. The maximum Gasteiger partial charge on any atom is 0.251 e. The molecule has 12 nitrogen and oxygen atoms in total. The number of aliphatic hydroxyl groups is 1. The third kappa shape index (κ3) is 14.7. The highest BCUT2D eigenvalue weighted by molar-refractivity contribution is 5.94. The van der Waals surface area contributed by atoms with E-state index in [4.69, 9.17) is 5.26 Å². The maximum atomic E-state index is 13.7. The van der Waals surface area contributed by atoms with E-state index in [0.717, 1.165) is 11.6 Å². The summed E-state index contributed by atoms with van der Waals surface area (Å²) in [7, 11) is 1.49. The van der Waals surface area contributed by atoms with Crippen LogP contribution in [0.2, 0.25) is 0 Å². The molecule has 0 fully saturated rings. The summed E-state index contributed by atoms with van der Waals surface area (Å²) < 4.78 is 13.6. The number of aliphatic hydroxyl groups excluding tert-OH is 1. The average molecular weight is 695 g/mol. The predicted octanol–water partition coefficient (Wildman–Crippen LogP) is 2.88. The van der Waals surface area contributed by atoms with E-state index in [-0.39, 0.29) is 60.6 Å². The number of likely N-dealkylation sites (N-methyl/N-ethyl adjacent to an activating group) is 1. The molecule has 50 heavy (non-hydrogen) atoms. The van der Waals surface area contributed by atoms with Gasteiger partial charge in [-0.3, -0.25) is 24.0 Å². The molecule has 0 radical (unpaired) electrons. The highest BCUT2D eigenvalue weighted by Gasteiger charge is 2.30. The zero-order chi connectivity index (χ0) is 37.2. The van der Waals surface area contributed by atoms with Crippen LogP contribution < -0.4 is 26.6 Å². The Hall–Kier alpha value is -4.83. The molecule has 0 heterocycles. The molecule has 0 aliphatic rings. The Labute approximate surface area is 294 Å². The van der Waals surface area contributed by atoms with Crippen molar-refractivity contribution in [3.8, 4) is 6.07 Å². The minimum atomic E-state index is -1.25. The van der Waals surface area contributed by atoms with Gasteiger partial charge in [-0.25, -0.2) is 4.39 Å². The Morgan fingerprint density at radius 2 is 1.50 bits per heavy atom. The molecular weight excluding hydrogens is 643 g/mol. The molecule has 4 atom stereocenters. The highest BCUT2D eigenvalue weighted by Crippen LogP contribution is 2.14. The molecule has 0 aromatic heterocycles. The van der Waals surface area contributed by atoms with Crippen molar-refractivity contribution in [1.29, 1.82) is 5.26 Å². The first-order valence-electron chi connectivity index (χ1n) is 17.0. The number of nitriles is 1. The minimum Gasteiger partial charge on any atom is -0.390 e. The summed E-state index contributed by atoms with van der Waals surface area (Å²) in [4.78, 5) is 64.2. The predicted molar refractivity (Wildman–Crippen MR) is 187 cm³/mol. The smallest absolute Gasteiger partial charge is 0.251 e. The summed E-state index contributed by atoms with van der Waals surface area (Å²) in [6, 6.07) is 11.8. The molecule has 0 unspecified atom stereocenters. The third-order valence-electron chi connectivity index (χ3n) is 7.92. The molecule has 2 rings (SSSR count). The molecule has 2 aromatic carbocycles. The summed E-state index contributed by atoms with van der Waals surface area (Å²) in [5, 5.41) is 33.7. The van der Waals surface area contributed by atoms with Crippen LogP contribution in [0.25, 0.3) is 0 Å². The summed E-state index contributed by atoms with van der Waals surface area (Å²) in [5.74, 6) is -2.74. The Bertz CT molecular complexity index is 1480. The fourth-order valence-corrected chi connectivity index (χ4v) is 5.36. The van der Waals surface area contributed by atoms with Crippen molar-refractivity contribution in [2.75, 3.05) is 13.6 Å². The van der Waals surface area contributed by atoms with Gasteiger partial charge >= 0.3 is 0 Å². The molecule has 0 bridgehead atoms. The fraction of sp³-hybridized carbons (Fsp3) is 0.514. The summed E-state index contributed by atoms with van der Waals surface area (Å²) in [6.07, 6.45) is 0.295. The lowest BCUT2D eigenvalue weighted by atomic mass is 9.95. The van der Waals surface area contributed by atoms with Crippen molar-refractivity contribution in [1.82, 2.24) is 26.6 Å². The molecule has 2 aromatic rings. The zero-order valence-corrected chi connectivity index (χ0v) is 29.6. The van der Waals surface area contributed by atoms with Gasteiger partial charge in [0, 0.05) is 32.0 Å². The number of hydrogen-bond donors (Lipinski definition) is 6. The third-order valence-corrected chi connectivity index (χ3v) is 7.92. The van der Waals surface area contributed by atoms with Gasteiger partial charge in [-0.05, 0) is 61.3 Å². The van der Waals surface area contributed by atoms with E-state index in [1.165, 1.54) is 19.2 Å². The van der Waals surface area contributed by atoms with E-state index >= 15 is 0 Å². The van der Waals surface area contributed by atoms with Gasteiger partial charge in [0.2, 0.25) is 23.6 Å². The van der Waals surface area contributed by atoms with Gasteiger partial charge in [0.15, 0.2) is 0 Å². The van der Waals surface area contributed by atoms with Gasteiger partial charge in [0.1, 0.15) is 24.0 Å². The van der Waals surface area contributed by atoms with Crippen LogP contribution in [0.5, 0.6) is 0 Å². The molecule has 5 amide bonds. The quantitative estimate of drug-likeness (QED) is 0.115. The molecule has 272 valence electrons.